The highest BCUT2D eigenvalue weighted by atomic mass is 16.3. The Morgan fingerprint density at radius 2 is 2.17 bits per heavy atom. The summed E-state index contributed by atoms with van der Waals surface area (Å²) in [5.74, 6) is 0. The molecule has 2 aromatic rings. The van der Waals surface area contributed by atoms with Crippen molar-refractivity contribution in [1.29, 1.82) is 0 Å². The molecule has 1 aromatic carbocycles. The third-order valence-corrected chi connectivity index (χ3v) is 4.08. The SMILES string of the molecule is Cn1nc(CNC2(CO)CCC2)c2ccccc21. The maximum atomic E-state index is 9.44. The number of para-hydroxylation sites is 1. The monoisotopic (exact) mass is 245 g/mol. The molecule has 1 aliphatic rings. The van der Waals surface area contributed by atoms with Crippen LogP contribution in [-0.2, 0) is 13.6 Å². The van der Waals surface area contributed by atoms with E-state index in [1.807, 2.05) is 23.9 Å². The van der Waals surface area contributed by atoms with E-state index in [1.165, 1.54) is 11.8 Å². The Hall–Kier alpha value is -1.39. The number of hydrogen-bond acceptors (Lipinski definition) is 3. The normalized spacial score (nSPS) is 17.9. The predicted molar refractivity (Wildman–Crippen MR) is 71.2 cm³/mol. The molecule has 4 nitrogen and oxygen atoms in total. The molecule has 1 saturated carbocycles. The molecule has 3 rings (SSSR count). The first kappa shape index (κ1) is 11.7. The standard InChI is InChI=1S/C14H19N3O/c1-17-13-6-3-2-5-11(13)12(16-17)9-15-14(10-18)7-4-8-14/h2-3,5-6,15,18H,4,7-10H2,1H3. The number of aliphatic hydroxyl groups is 1. The average molecular weight is 245 g/mol. The van der Waals surface area contributed by atoms with E-state index in [2.05, 4.69) is 22.5 Å². The molecule has 0 unspecified atom stereocenters. The van der Waals surface area contributed by atoms with Crippen molar-refractivity contribution in [3.8, 4) is 0 Å². The topological polar surface area (TPSA) is 50.1 Å². The largest absolute Gasteiger partial charge is 0.394 e. The molecule has 0 radical (unpaired) electrons. The van der Waals surface area contributed by atoms with Crippen LogP contribution in [-0.4, -0.2) is 27.0 Å². The Labute approximate surface area is 107 Å². The summed E-state index contributed by atoms with van der Waals surface area (Å²) >= 11 is 0. The van der Waals surface area contributed by atoms with Crippen LogP contribution in [0.25, 0.3) is 10.9 Å². The minimum absolute atomic E-state index is 0.0569. The van der Waals surface area contributed by atoms with Gasteiger partial charge in [-0.05, 0) is 25.3 Å². The molecule has 0 bridgehead atoms. The number of fused-ring (bicyclic) bond motifs is 1. The number of aromatic nitrogens is 2. The fraction of sp³-hybridized carbons (Fsp3) is 0.500. The maximum Gasteiger partial charge on any atom is 0.0841 e. The van der Waals surface area contributed by atoms with E-state index in [-0.39, 0.29) is 12.1 Å². The summed E-state index contributed by atoms with van der Waals surface area (Å²) in [6.07, 6.45) is 3.33. The molecular formula is C14H19N3O. The lowest BCUT2D eigenvalue weighted by atomic mass is 9.77. The summed E-state index contributed by atoms with van der Waals surface area (Å²) in [7, 11) is 1.97. The third-order valence-electron chi connectivity index (χ3n) is 4.08. The van der Waals surface area contributed by atoms with Crippen molar-refractivity contribution >= 4 is 10.9 Å². The molecule has 0 saturated heterocycles. The second kappa shape index (κ2) is 4.37. The number of benzene rings is 1. The van der Waals surface area contributed by atoms with Gasteiger partial charge in [-0.25, -0.2) is 0 Å². The molecule has 0 amide bonds. The minimum Gasteiger partial charge on any atom is -0.394 e. The van der Waals surface area contributed by atoms with Crippen LogP contribution in [0.5, 0.6) is 0 Å². The average Bonchev–Trinajstić information content (AvgIpc) is 2.67. The number of hydrogen-bond donors (Lipinski definition) is 2. The predicted octanol–water partition coefficient (Wildman–Crippen LogP) is 1.58. The van der Waals surface area contributed by atoms with E-state index in [1.54, 1.807) is 0 Å². The summed E-state index contributed by atoms with van der Waals surface area (Å²) in [6, 6.07) is 8.25. The van der Waals surface area contributed by atoms with Gasteiger partial charge in [0.2, 0.25) is 0 Å². The van der Waals surface area contributed by atoms with Gasteiger partial charge in [-0.15, -0.1) is 0 Å². The molecule has 4 heteroatoms. The van der Waals surface area contributed by atoms with Gasteiger partial charge in [0.25, 0.3) is 0 Å². The summed E-state index contributed by atoms with van der Waals surface area (Å²) < 4.78 is 1.92. The zero-order valence-electron chi connectivity index (χ0n) is 10.7. The van der Waals surface area contributed by atoms with Crippen molar-refractivity contribution < 1.29 is 5.11 Å². The summed E-state index contributed by atoms with van der Waals surface area (Å²) in [5, 5.41) is 18.7. The molecule has 1 aromatic heterocycles. The third kappa shape index (κ3) is 1.82. The number of rotatable bonds is 4. The Balaban J connectivity index is 1.82. The Bertz CT molecular complexity index is 552. The van der Waals surface area contributed by atoms with E-state index in [9.17, 15) is 5.11 Å². The van der Waals surface area contributed by atoms with Crippen molar-refractivity contribution in [2.24, 2.45) is 7.05 Å². The fourth-order valence-corrected chi connectivity index (χ4v) is 2.68. The Morgan fingerprint density at radius 1 is 1.39 bits per heavy atom. The van der Waals surface area contributed by atoms with Crippen LogP contribution in [0.1, 0.15) is 25.0 Å². The molecule has 2 N–H and O–H groups in total. The second-order valence-corrected chi connectivity index (χ2v) is 5.23. The number of nitrogens with zero attached hydrogens (tertiary/aromatic N) is 2. The van der Waals surface area contributed by atoms with Gasteiger partial charge in [0.05, 0.1) is 17.8 Å². The molecule has 96 valence electrons. The smallest absolute Gasteiger partial charge is 0.0841 e. The maximum absolute atomic E-state index is 9.44. The molecule has 0 atom stereocenters. The zero-order chi connectivity index (χ0) is 12.6. The van der Waals surface area contributed by atoms with Crippen LogP contribution in [0.2, 0.25) is 0 Å². The van der Waals surface area contributed by atoms with Crippen molar-refractivity contribution in [2.75, 3.05) is 6.61 Å². The molecule has 1 heterocycles. The second-order valence-electron chi connectivity index (χ2n) is 5.23. The van der Waals surface area contributed by atoms with Crippen molar-refractivity contribution in [1.82, 2.24) is 15.1 Å². The first-order valence-corrected chi connectivity index (χ1v) is 6.51. The van der Waals surface area contributed by atoms with Crippen LogP contribution >= 0.6 is 0 Å². The first-order chi connectivity index (χ1) is 8.74. The van der Waals surface area contributed by atoms with Crippen LogP contribution in [0.3, 0.4) is 0 Å². The number of nitrogens with one attached hydrogen (secondary N) is 1. The van der Waals surface area contributed by atoms with Crippen LogP contribution in [0, 0.1) is 0 Å². The van der Waals surface area contributed by atoms with Gasteiger partial charge in [0, 0.05) is 24.5 Å². The van der Waals surface area contributed by atoms with Crippen molar-refractivity contribution in [3.63, 3.8) is 0 Å². The highest BCUT2D eigenvalue weighted by Crippen LogP contribution is 2.31. The number of aryl methyl sites for hydroxylation is 1. The van der Waals surface area contributed by atoms with Gasteiger partial charge in [0.1, 0.15) is 0 Å². The van der Waals surface area contributed by atoms with Gasteiger partial charge in [-0.1, -0.05) is 18.2 Å². The van der Waals surface area contributed by atoms with Gasteiger partial charge in [-0.3, -0.25) is 4.68 Å². The highest BCUT2D eigenvalue weighted by Gasteiger charge is 2.35. The molecule has 0 aliphatic heterocycles. The molecule has 0 spiro atoms. The summed E-state index contributed by atoms with van der Waals surface area (Å²) in [6.45, 7) is 0.944. The highest BCUT2D eigenvalue weighted by molar-refractivity contribution is 5.81. The van der Waals surface area contributed by atoms with Gasteiger partial charge in [-0.2, -0.15) is 5.10 Å². The van der Waals surface area contributed by atoms with E-state index in [0.717, 1.165) is 30.6 Å². The summed E-state index contributed by atoms with van der Waals surface area (Å²) in [4.78, 5) is 0. The lowest BCUT2D eigenvalue weighted by molar-refractivity contribution is 0.0869. The zero-order valence-corrected chi connectivity index (χ0v) is 10.7. The quantitative estimate of drug-likeness (QED) is 0.860. The van der Waals surface area contributed by atoms with E-state index < -0.39 is 0 Å². The molecule has 18 heavy (non-hydrogen) atoms. The van der Waals surface area contributed by atoms with E-state index >= 15 is 0 Å². The van der Waals surface area contributed by atoms with Crippen LogP contribution < -0.4 is 5.32 Å². The lowest BCUT2D eigenvalue weighted by Crippen LogP contribution is -2.53. The summed E-state index contributed by atoms with van der Waals surface area (Å²) in [5.41, 5.74) is 2.16. The van der Waals surface area contributed by atoms with Crippen molar-refractivity contribution in [3.05, 3.63) is 30.0 Å². The van der Waals surface area contributed by atoms with Crippen LogP contribution in [0.15, 0.2) is 24.3 Å². The fourth-order valence-electron chi connectivity index (χ4n) is 2.68. The minimum atomic E-state index is -0.0569. The van der Waals surface area contributed by atoms with Crippen molar-refractivity contribution in [2.45, 2.75) is 31.3 Å². The molecule has 1 fully saturated rings. The van der Waals surface area contributed by atoms with E-state index in [4.69, 9.17) is 0 Å². The van der Waals surface area contributed by atoms with Crippen LogP contribution in [0.4, 0.5) is 0 Å². The Morgan fingerprint density at radius 3 is 2.83 bits per heavy atom. The molecule has 1 aliphatic carbocycles. The first-order valence-electron chi connectivity index (χ1n) is 6.51. The molecular weight excluding hydrogens is 226 g/mol. The number of aliphatic hydroxyl groups excluding tert-OH is 1. The lowest BCUT2D eigenvalue weighted by Gasteiger charge is -2.41. The van der Waals surface area contributed by atoms with E-state index in [0.29, 0.717) is 0 Å². The van der Waals surface area contributed by atoms with Gasteiger partial charge < -0.3 is 10.4 Å². The van der Waals surface area contributed by atoms with Gasteiger partial charge in [0.15, 0.2) is 0 Å². The van der Waals surface area contributed by atoms with Gasteiger partial charge >= 0.3 is 0 Å². The Kier molecular flexibility index (Phi) is 2.84.